The van der Waals surface area contributed by atoms with Gasteiger partial charge in [0.2, 0.25) is 0 Å². The average Bonchev–Trinajstić information content (AvgIpc) is 3.11. The number of rotatable bonds is 3. The number of piperidine rings is 1. The number of thiazole rings is 1. The standard InChI is InChI=1S/C19H15Cl2N5OS2/c20-11-6-5-10(7-12(11)21)26-8-14(24-25-19(22)28)17(15(27)9-26)18-23-13-3-1-2-4-16(13)29-18/h1-7,17H,8-9H2,(H3,22,25,28)/b24-14+/t17-/m0/s1. The largest absolute Gasteiger partial charge is 0.375 e. The number of carbonyl (C=O) groups is 1. The molecular formula is C19H15Cl2N5OS2. The van der Waals surface area contributed by atoms with E-state index >= 15 is 0 Å². The molecular weight excluding hydrogens is 449 g/mol. The molecule has 0 amide bonds. The molecule has 0 radical (unpaired) electrons. The zero-order valence-electron chi connectivity index (χ0n) is 14.9. The van der Waals surface area contributed by atoms with E-state index in [0.717, 1.165) is 15.9 Å². The number of aromatic nitrogens is 1. The molecule has 6 nitrogen and oxygen atoms in total. The number of nitrogens with zero attached hydrogens (tertiary/aromatic N) is 3. The molecule has 10 heteroatoms. The molecule has 3 aromatic rings. The van der Waals surface area contributed by atoms with Crippen LogP contribution >= 0.6 is 46.8 Å². The van der Waals surface area contributed by atoms with Crippen LogP contribution in [0.2, 0.25) is 10.0 Å². The highest BCUT2D eigenvalue weighted by atomic mass is 35.5. The number of hydrazone groups is 1. The summed E-state index contributed by atoms with van der Waals surface area (Å²) in [6.45, 7) is 0.588. The number of nitrogens with two attached hydrogens (primary N) is 1. The van der Waals surface area contributed by atoms with E-state index in [4.69, 9.17) is 41.2 Å². The molecule has 0 saturated carbocycles. The van der Waals surface area contributed by atoms with Crippen LogP contribution < -0.4 is 16.1 Å². The second-order valence-electron chi connectivity index (χ2n) is 6.45. The summed E-state index contributed by atoms with van der Waals surface area (Å²) >= 11 is 18.5. The molecule has 1 aromatic heterocycles. The van der Waals surface area contributed by atoms with Crippen LogP contribution in [0.5, 0.6) is 0 Å². The zero-order valence-corrected chi connectivity index (χ0v) is 18.1. The third-order valence-corrected chi connectivity index (χ3v) is 6.42. The summed E-state index contributed by atoms with van der Waals surface area (Å²) in [4.78, 5) is 19.7. The summed E-state index contributed by atoms with van der Waals surface area (Å²) in [6.07, 6.45) is 0. The quantitative estimate of drug-likeness (QED) is 0.451. The van der Waals surface area contributed by atoms with Crippen molar-refractivity contribution in [3.63, 3.8) is 0 Å². The molecule has 1 saturated heterocycles. The van der Waals surface area contributed by atoms with E-state index in [-0.39, 0.29) is 17.4 Å². The molecule has 0 spiro atoms. The predicted molar refractivity (Wildman–Crippen MR) is 123 cm³/mol. The number of anilines is 1. The molecule has 29 heavy (non-hydrogen) atoms. The highest BCUT2D eigenvalue weighted by molar-refractivity contribution is 7.80. The first-order valence-corrected chi connectivity index (χ1v) is 10.6. The van der Waals surface area contributed by atoms with Crippen LogP contribution in [0.4, 0.5) is 5.69 Å². The second-order valence-corrected chi connectivity index (χ2v) is 8.77. The SMILES string of the molecule is NC(=S)N/N=C1\CN(c2ccc(Cl)c(Cl)c2)CC(=O)[C@H]1c1nc2ccccc2s1. The van der Waals surface area contributed by atoms with Crippen molar-refractivity contribution in [2.45, 2.75) is 5.92 Å². The predicted octanol–water partition coefficient (Wildman–Crippen LogP) is 3.97. The Kier molecular flexibility index (Phi) is 5.69. The van der Waals surface area contributed by atoms with Crippen molar-refractivity contribution in [3.8, 4) is 0 Å². The van der Waals surface area contributed by atoms with Crippen LogP contribution in [0.1, 0.15) is 10.9 Å². The molecule has 0 unspecified atom stereocenters. The van der Waals surface area contributed by atoms with Crippen molar-refractivity contribution in [2.75, 3.05) is 18.0 Å². The van der Waals surface area contributed by atoms with Crippen molar-refractivity contribution in [2.24, 2.45) is 10.8 Å². The van der Waals surface area contributed by atoms with Crippen LogP contribution in [0.15, 0.2) is 47.6 Å². The Morgan fingerprint density at radius 2 is 2.03 bits per heavy atom. The average molecular weight is 464 g/mol. The molecule has 0 aliphatic carbocycles. The number of halogens is 2. The van der Waals surface area contributed by atoms with E-state index in [9.17, 15) is 4.79 Å². The van der Waals surface area contributed by atoms with E-state index in [2.05, 4.69) is 15.5 Å². The maximum atomic E-state index is 13.2. The molecule has 2 aromatic carbocycles. The van der Waals surface area contributed by atoms with E-state index < -0.39 is 5.92 Å². The molecule has 1 aliphatic rings. The van der Waals surface area contributed by atoms with Gasteiger partial charge in [-0.05, 0) is 42.5 Å². The minimum atomic E-state index is -0.562. The monoisotopic (exact) mass is 463 g/mol. The molecule has 1 atom stereocenters. The molecule has 3 N–H and O–H groups in total. The van der Waals surface area contributed by atoms with Crippen molar-refractivity contribution in [1.29, 1.82) is 0 Å². The van der Waals surface area contributed by atoms with Gasteiger partial charge in [0.05, 0.1) is 39.1 Å². The maximum absolute atomic E-state index is 13.2. The fraction of sp³-hybridized carbons (Fsp3) is 0.158. The summed E-state index contributed by atoms with van der Waals surface area (Å²) in [6, 6.07) is 13.0. The summed E-state index contributed by atoms with van der Waals surface area (Å²) in [5, 5.41) is 5.93. The normalized spacial score (nSPS) is 18.4. The van der Waals surface area contributed by atoms with Crippen LogP contribution in [0.25, 0.3) is 10.2 Å². The van der Waals surface area contributed by atoms with E-state index in [1.807, 2.05) is 35.2 Å². The van der Waals surface area contributed by atoms with Crippen molar-refractivity contribution >= 4 is 79.3 Å². The van der Waals surface area contributed by atoms with Gasteiger partial charge < -0.3 is 10.6 Å². The first-order chi connectivity index (χ1) is 13.9. The molecule has 1 aliphatic heterocycles. The van der Waals surface area contributed by atoms with Gasteiger partial charge in [0.15, 0.2) is 10.9 Å². The first-order valence-electron chi connectivity index (χ1n) is 8.62. The van der Waals surface area contributed by atoms with E-state index in [1.54, 1.807) is 12.1 Å². The maximum Gasteiger partial charge on any atom is 0.184 e. The van der Waals surface area contributed by atoms with Crippen LogP contribution in [0, 0.1) is 0 Å². The lowest BCUT2D eigenvalue weighted by molar-refractivity contribution is -0.118. The first kappa shape index (κ1) is 20.0. The van der Waals surface area contributed by atoms with Crippen LogP contribution in [0.3, 0.4) is 0 Å². The summed E-state index contributed by atoms with van der Waals surface area (Å²) < 4.78 is 1.02. The molecule has 0 bridgehead atoms. The van der Waals surface area contributed by atoms with Crippen LogP contribution in [-0.4, -0.2) is 34.7 Å². The smallest absolute Gasteiger partial charge is 0.184 e. The van der Waals surface area contributed by atoms with Crippen LogP contribution in [-0.2, 0) is 4.79 Å². The van der Waals surface area contributed by atoms with Gasteiger partial charge in [-0.2, -0.15) is 5.10 Å². The van der Waals surface area contributed by atoms with Gasteiger partial charge in [-0.1, -0.05) is 35.3 Å². The summed E-state index contributed by atoms with van der Waals surface area (Å²) in [5.41, 5.74) is 10.4. The zero-order chi connectivity index (χ0) is 20.5. The number of hydrogen-bond acceptors (Lipinski definition) is 6. The number of nitrogens with one attached hydrogen (secondary N) is 1. The Morgan fingerprint density at radius 1 is 1.24 bits per heavy atom. The molecule has 1 fully saturated rings. The highest BCUT2D eigenvalue weighted by Crippen LogP contribution is 2.34. The number of benzene rings is 2. The Balaban J connectivity index is 1.71. The lowest BCUT2D eigenvalue weighted by atomic mass is 9.93. The Morgan fingerprint density at radius 3 is 2.76 bits per heavy atom. The van der Waals surface area contributed by atoms with Gasteiger partial charge in [-0.3, -0.25) is 10.2 Å². The third kappa shape index (κ3) is 4.20. The molecule has 148 valence electrons. The Hall–Kier alpha value is -2.26. The minimum absolute atomic E-state index is 0.0233. The van der Waals surface area contributed by atoms with Crippen molar-refractivity contribution in [3.05, 3.63) is 57.5 Å². The van der Waals surface area contributed by atoms with E-state index in [0.29, 0.717) is 27.3 Å². The van der Waals surface area contributed by atoms with Gasteiger partial charge in [0, 0.05) is 5.69 Å². The van der Waals surface area contributed by atoms with Crippen molar-refractivity contribution in [1.82, 2.24) is 10.4 Å². The lowest BCUT2D eigenvalue weighted by Gasteiger charge is -2.33. The fourth-order valence-electron chi connectivity index (χ4n) is 3.19. The Labute approximate surface area is 186 Å². The minimum Gasteiger partial charge on any atom is -0.375 e. The van der Waals surface area contributed by atoms with Gasteiger partial charge >= 0.3 is 0 Å². The van der Waals surface area contributed by atoms with Gasteiger partial charge in [0.25, 0.3) is 0 Å². The molecule has 2 heterocycles. The number of fused-ring (bicyclic) bond motifs is 1. The van der Waals surface area contributed by atoms with E-state index in [1.165, 1.54) is 11.3 Å². The number of hydrogen-bond donors (Lipinski definition) is 2. The summed E-state index contributed by atoms with van der Waals surface area (Å²) in [7, 11) is 0. The highest BCUT2D eigenvalue weighted by Gasteiger charge is 2.36. The molecule has 4 rings (SSSR count). The third-order valence-electron chi connectivity index (χ3n) is 4.49. The van der Waals surface area contributed by atoms with Gasteiger partial charge in [-0.15, -0.1) is 11.3 Å². The van der Waals surface area contributed by atoms with Crippen molar-refractivity contribution < 1.29 is 4.79 Å². The Bertz CT molecular complexity index is 1110. The number of para-hydroxylation sites is 1. The number of thiocarbonyl (C=S) groups is 1. The number of Topliss-reactive ketones (excluding diaryl/α,β-unsaturated/α-hetero) is 1. The van der Waals surface area contributed by atoms with Gasteiger partial charge in [0.1, 0.15) is 10.9 Å². The second kappa shape index (κ2) is 8.23. The lowest BCUT2D eigenvalue weighted by Crippen LogP contribution is -2.47. The topological polar surface area (TPSA) is 83.6 Å². The number of ketones is 1. The fourth-order valence-corrected chi connectivity index (χ4v) is 4.65. The summed E-state index contributed by atoms with van der Waals surface area (Å²) in [5.74, 6) is -0.585. The van der Waals surface area contributed by atoms with Gasteiger partial charge in [-0.25, -0.2) is 4.98 Å². The number of carbonyl (C=O) groups excluding carboxylic acids is 1.